The van der Waals surface area contributed by atoms with Gasteiger partial charge in [-0.2, -0.15) is 23.4 Å². The highest BCUT2D eigenvalue weighted by atomic mass is 19.4. The Balaban J connectivity index is 1.76. The molecule has 0 radical (unpaired) electrons. The van der Waals surface area contributed by atoms with Crippen molar-refractivity contribution in [2.75, 3.05) is 10.2 Å². The minimum atomic E-state index is -4.61. The molecule has 10 nitrogen and oxygen atoms in total. The van der Waals surface area contributed by atoms with E-state index in [0.717, 1.165) is 12.1 Å². The van der Waals surface area contributed by atoms with Gasteiger partial charge in [-0.15, -0.1) is 5.10 Å². The van der Waals surface area contributed by atoms with Crippen molar-refractivity contribution in [1.82, 2.24) is 14.8 Å². The monoisotopic (exact) mass is 577 g/mol. The lowest BCUT2D eigenvalue weighted by Gasteiger charge is -2.34. The van der Waals surface area contributed by atoms with Crippen LogP contribution in [0.1, 0.15) is 63.3 Å². The molecule has 216 valence electrons. The maximum atomic E-state index is 13.6. The molecule has 0 unspecified atom stereocenters. The second-order valence-corrected chi connectivity index (χ2v) is 10.4. The van der Waals surface area contributed by atoms with E-state index in [-0.39, 0.29) is 36.1 Å². The van der Waals surface area contributed by atoms with Crippen molar-refractivity contribution in [3.05, 3.63) is 88.0 Å². The summed E-state index contributed by atoms with van der Waals surface area (Å²) in [4.78, 5) is 34.2. The number of alkyl halides is 3. The molecule has 4 rings (SSSR count). The van der Waals surface area contributed by atoms with E-state index in [0.29, 0.717) is 16.8 Å². The third-order valence-electron chi connectivity index (χ3n) is 6.16. The van der Waals surface area contributed by atoms with Crippen LogP contribution in [-0.4, -0.2) is 32.2 Å². The number of amides is 1. The smallest absolute Gasteiger partial charge is 0.416 e. The highest BCUT2D eigenvalue weighted by molar-refractivity contribution is 5.91. The first-order valence-corrected chi connectivity index (χ1v) is 12.8. The fourth-order valence-corrected chi connectivity index (χ4v) is 4.38. The summed E-state index contributed by atoms with van der Waals surface area (Å²) in [7, 11) is 0. The lowest BCUT2D eigenvalue weighted by molar-refractivity contribution is -0.155. The highest BCUT2D eigenvalue weighted by Crippen LogP contribution is 2.44. The first kappa shape index (κ1) is 29.8. The summed E-state index contributed by atoms with van der Waals surface area (Å²) in [5, 5.41) is 16.1. The van der Waals surface area contributed by atoms with Crippen LogP contribution in [0.5, 0.6) is 0 Å². The van der Waals surface area contributed by atoms with Gasteiger partial charge in [0.25, 0.3) is 5.95 Å². The minimum Gasteiger partial charge on any atom is -0.460 e. The number of carbonyl (C=O) groups excluding carboxylic acids is 2. The summed E-state index contributed by atoms with van der Waals surface area (Å²) in [6.07, 6.45) is -5.03. The number of hydrogen-bond donors (Lipinski definition) is 1. The fourth-order valence-electron chi connectivity index (χ4n) is 4.38. The molecule has 42 heavy (non-hydrogen) atoms. The van der Waals surface area contributed by atoms with Crippen LogP contribution in [0.2, 0.25) is 0 Å². The number of halogens is 3. The van der Waals surface area contributed by atoms with Crippen LogP contribution in [0.15, 0.2) is 59.9 Å². The van der Waals surface area contributed by atoms with Gasteiger partial charge in [0.15, 0.2) is 0 Å². The molecule has 0 aliphatic carbocycles. The molecule has 1 aliphatic heterocycles. The molecule has 0 fully saturated rings. The van der Waals surface area contributed by atoms with E-state index in [9.17, 15) is 28.0 Å². The molecule has 1 aliphatic rings. The number of hydrogen-bond acceptors (Lipinski definition) is 7. The summed E-state index contributed by atoms with van der Waals surface area (Å²) >= 11 is 0. The maximum absolute atomic E-state index is 13.6. The van der Waals surface area contributed by atoms with Gasteiger partial charge in [-0.05, 0) is 63.6 Å². The first-order valence-electron chi connectivity index (χ1n) is 12.8. The molecular formula is C29H26F3N7O3. The summed E-state index contributed by atoms with van der Waals surface area (Å²) in [5.41, 5.74) is -0.111. The molecule has 1 aromatic heterocycles. The number of rotatable bonds is 6. The van der Waals surface area contributed by atoms with E-state index in [1.807, 2.05) is 6.07 Å². The Hall–Kier alpha value is -5.17. The van der Waals surface area contributed by atoms with E-state index in [1.165, 1.54) is 21.7 Å². The number of nitriles is 1. The molecule has 13 heteroatoms. The van der Waals surface area contributed by atoms with Crippen molar-refractivity contribution >= 4 is 29.5 Å². The molecular weight excluding hydrogens is 551 g/mol. The summed E-state index contributed by atoms with van der Waals surface area (Å²) < 4.78 is 47.3. The van der Waals surface area contributed by atoms with Gasteiger partial charge < -0.3 is 4.74 Å². The minimum absolute atomic E-state index is 0.0519. The van der Waals surface area contributed by atoms with Gasteiger partial charge in [0, 0.05) is 17.8 Å². The van der Waals surface area contributed by atoms with Crippen LogP contribution in [0.25, 0.3) is 4.85 Å². The van der Waals surface area contributed by atoms with Crippen LogP contribution in [-0.2, 0) is 20.5 Å². The summed E-state index contributed by atoms with van der Waals surface area (Å²) in [6, 6.07) is 12.2. The largest absolute Gasteiger partial charge is 0.460 e. The number of nitrogens with zero attached hydrogens (tertiary/aromatic N) is 6. The first-order chi connectivity index (χ1) is 19.7. The van der Waals surface area contributed by atoms with E-state index in [1.54, 1.807) is 52.0 Å². The van der Waals surface area contributed by atoms with Crippen molar-refractivity contribution in [2.45, 2.75) is 58.4 Å². The lowest BCUT2D eigenvalue weighted by Crippen LogP contribution is -2.30. The number of ether oxygens (including phenoxy) is 1. The predicted octanol–water partition coefficient (Wildman–Crippen LogP) is 6.12. The molecule has 0 saturated carbocycles. The van der Waals surface area contributed by atoms with Crippen LogP contribution >= 0.6 is 0 Å². The quantitative estimate of drug-likeness (QED) is 0.277. The molecule has 2 aromatic carbocycles. The zero-order chi connectivity index (χ0) is 30.8. The number of benzene rings is 2. The van der Waals surface area contributed by atoms with Crippen LogP contribution in [0.3, 0.4) is 0 Å². The van der Waals surface area contributed by atoms with Gasteiger partial charge in [0.2, 0.25) is 17.6 Å². The molecule has 1 N–H and O–H groups in total. The van der Waals surface area contributed by atoms with E-state index in [2.05, 4.69) is 20.2 Å². The fraction of sp³-hybridized carbons (Fsp3) is 0.310. The molecule has 0 spiro atoms. The van der Waals surface area contributed by atoms with Gasteiger partial charge >= 0.3 is 12.1 Å². The van der Waals surface area contributed by atoms with E-state index in [4.69, 9.17) is 11.3 Å². The second kappa shape index (κ2) is 11.4. The SMILES string of the molecule is [C-]#[N+]C1=C(C)N(c2cccc(C(F)(F)F)c2)c2nc(NC(=O)CCC(=O)OC(C)(C)C)nn2[C@@H]1c1ccc(C#N)cc1. The topological polar surface area (TPSA) is 118 Å². The Labute approximate surface area is 239 Å². The van der Waals surface area contributed by atoms with Crippen LogP contribution in [0.4, 0.5) is 30.8 Å². The van der Waals surface area contributed by atoms with Gasteiger partial charge in [0.1, 0.15) is 11.6 Å². The third kappa shape index (κ3) is 6.41. The van der Waals surface area contributed by atoms with Crippen molar-refractivity contribution in [3.63, 3.8) is 0 Å². The molecule has 2 heterocycles. The lowest BCUT2D eigenvalue weighted by atomic mass is 9.99. The van der Waals surface area contributed by atoms with E-state index >= 15 is 0 Å². The van der Waals surface area contributed by atoms with E-state index < -0.39 is 35.3 Å². The predicted molar refractivity (Wildman–Crippen MR) is 146 cm³/mol. The molecule has 1 atom stereocenters. The Morgan fingerprint density at radius 1 is 1.14 bits per heavy atom. The van der Waals surface area contributed by atoms with Crippen molar-refractivity contribution in [3.8, 4) is 6.07 Å². The second-order valence-electron chi connectivity index (χ2n) is 10.4. The Bertz CT molecular complexity index is 1640. The average Bonchev–Trinajstić information content (AvgIpc) is 3.32. The molecule has 3 aromatic rings. The number of allylic oxidation sites excluding steroid dienone is 2. The van der Waals surface area contributed by atoms with Gasteiger partial charge in [-0.1, -0.05) is 18.2 Å². The Kier molecular flexibility index (Phi) is 8.07. The van der Waals surface area contributed by atoms with Gasteiger partial charge in [0.05, 0.1) is 30.2 Å². The average molecular weight is 578 g/mol. The number of nitrogens with one attached hydrogen (secondary N) is 1. The number of anilines is 3. The van der Waals surface area contributed by atoms with Crippen LogP contribution in [0, 0.1) is 17.9 Å². The maximum Gasteiger partial charge on any atom is 0.416 e. The normalized spacial score (nSPS) is 15.0. The zero-order valence-electron chi connectivity index (χ0n) is 23.2. The highest BCUT2D eigenvalue weighted by Gasteiger charge is 2.38. The third-order valence-corrected chi connectivity index (χ3v) is 6.16. The Morgan fingerprint density at radius 3 is 2.43 bits per heavy atom. The van der Waals surface area contributed by atoms with Crippen LogP contribution < -0.4 is 10.2 Å². The number of carbonyl (C=O) groups is 2. The number of esters is 1. The Morgan fingerprint density at radius 2 is 1.83 bits per heavy atom. The standard InChI is InChI=1S/C29H26F3N7O3/c1-17-24(34-5)25(19-11-9-18(16-33)10-12-19)39-27(38(17)21-8-6-7-20(15-21)29(30,31)32)36-26(37-39)35-22(40)13-14-23(41)42-28(2,3)4/h6-12,15,25H,13-14H2,1-4H3,(H,35,37,40)/t25-/m1/s1. The van der Waals surface area contributed by atoms with Crippen molar-refractivity contribution < 1.29 is 27.5 Å². The molecule has 0 saturated heterocycles. The van der Waals surface area contributed by atoms with Crippen molar-refractivity contribution in [2.24, 2.45) is 0 Å². The zero-order valence-corrected chi connectivity index (χ0v) is 23.2. The summed E-state index contributed by atoms with van der Waals surface area (Å²) in [5.74, 6) is -1.27. The van der Waals surface area contributed by atoms with Gasteiger partial charge in [-0.25, -0.2) is 9.53 Å². The molecule has 0 bridgehead atoms. The van der Waals surface area contributed by atoms with Gasteiger partial charge in [-0.3, -0.25) is 19.8 Å². The summed E-state index contributed by atoms with van der Waals surface area (Å²) in [6.45, 7) is 14.6. The number of fused-ring (bicyclic) bond motifs is 1. The number of aromatic nitrogens is 3. The molecule has 1 amide bonds. The van der Waals surface area contributed by atoms with Crippen molar-refractivity contribution in [1.29, 1.82) is 5.26 Å².